The van der Waals surface area contributed by atoms with Crippen molar-refractivity contribution >= 4 is 78.5 Å². The SMILES string of the molecule is COc1c(Nc2ccc(S(=O)(=O)C3CC3)nc2C)ncnc1OC1CCN(C(=O)OC(C)(C)C)CC1.COc1c(Nc2ccc(S(=O)(=O)C3CC3)nc2C)ncnc1OC1CCN(S(=O)(=O)C2CC2)CC1.O=S(=O)(Cl)C1CC1. The lowest BCUT2D eigenvalue weighted by molar-refractivity contribution is 0.0120. The molecule has 78 heavy (non-hydrogen) atoms. The van der Waals surface area contributed by atoms with E-state index in [1.165, 1.54) is 39.0 Å². The van der Waals surface area contributed by atoms with Crippen LogP contribution in [0.25, 0.3) is 0 Å². The maximum atomic E-state index is 12.5. The molecule has 2 aliphatic heterocycles. The van der Waals surface area contributed by atoms with Gasteiger partial charge in [-0.15, -0.1) is 0 Å². The van der Waals surface area contributed by atoms with Crippen molar-refractivity contribution < 1.29 is 62.2 Å². The molecule has 6 aliphatic rings. The van der Waals surface area contributed by atoms with Gasteiger partial charge < -0.3 is 39.2 Å². The highest BCUT2D eigenvalue weighted by Crippen LogP contribution is 2.40. The van der Waals surface area contributed by atoms with Crippen LogP contribution in [0.3, 0.4) is 0 Å². The Morgan fingerprint density at radius 1 is 0.577 bits per heavy atom. The van der Waals surface area contributed by atoms with Gasteiger partial charge in [-0.25, -0.2) is 62.7 Å². The number of sulfonamides is 1. The van der Waals surface area contributed by atoms with Gasteiger partial charge in [-0.2, -0.15) is 9.97 Å². The number of sulfone groups is 2. The summed E-state index contributed by atoms with van der Waals surface area (Å²) in [4.78, 5) is 39.6. The van der Waals surface area contributed by atoms with Crippen LogP contribution in [0.5, 0.6) is 23.3 Å². The van der Waals surface area contributed by atoms with E-state index in [0.29, 0.717) is 123 Å². The minimum atomic E-state index is -3.38. The van der Waals surface area contributed by atoms with Crippen molar-refractivity contribution in [1.82, 2.24) is 39.1 Å². The molecule has 0 atom stereocenters. The molecular formula is C49H67ClN10O14S4. The van der Waals surface area contributed by atoms with Crippen LogP contribution >= 0.6 is 10.7 Å². The molecule has 0 bridgehead atoms. The molecule has 0 unspecified atom stereocenters. The summed E-state index contributed by atoms with van der Waals surface area (Å²) < 4.78 is 126. The number of hydrogen-bond acceptors (Lipinski definition) is 22. The predicted molar refractivity (Wildman–Crippen MR) is 289 cm³/mol. The van der Waals surface area contributed by atoms with Crippen molar-refractivity contribution in [3.05, 3.63) is 48.3 Å². The first-order valence-electron chi connectivity index (χ1n) is 25.8. The van der Waals surface area contributed by atoms with Gasteiger partial charge in [0.1, 0.15) is 30.5 Å². The Morgan fingerprint density at radius 2 is 0.974 bits per heavy atom. The van der Waals surface area contributed by atoms with Gasteiger partial charge in [0.2, 0.25) is 30.6 Å². The van der Waals surface area contributed by atoms with Gasteiger partial charge >= 0.3 is 6.09 Å². The number of nitrogens with one attached hydrogen (secondary N) is 2. The number of piperidine rings is 2. The normalized spacial score (nSPS) is 18.8. The molecule has 1 amide bonds. The molecule has 2 saturated heterocycles. The number of halogens is 1. The fourth-order valence-corrected chi connectivity index (χ4v) is 14.7. The van der Waals surface area contributed by atoms with Crippen molar-refractivity contribution in [2.45, 2.75) is 161 Å². The molecular weight excluding hydrogens is 1120 g/mol. The summed E-state index contributed by atoms with van der Waals surface area (Å²) in [6.07, 6.45) is 10.1. The average molecular weight is 1180 g/mol. The summed E-state index contributed by atoms with van der Waals surface area (Å²) in [6.45, 7) is 10.9. The fourth-order valence-electron chi connectivity index (χ4n) is 8.37. The molecule has 2 N–H and O–H groups in total. The Morgan fingerprint density at radius 3 is 1.31 bits per heavy atom. The van der Waals surface area contributed by atoms with Gasteiger partial charge in [0.05, 0.1) is 58.0 Å². The van der Waals surface area contributed by atoms with Crippen LogP contribution in [0.1, 0.15) is 109 Å². The smallest absolute Gasteiger partial charge is 0.410 e. The van der Waals surface area contributed by atoms with E-state index in [2.05, 4.69) is 40.5 Å². The predicted octanol–water partition coefficient (Wildman–Crippen LogP) is 6.57. The van der Waals surface area contributed by atoms with Crippen LogP contribution in [0, 0.1) is 13.8 Å². The third-order valence-corrected chi connectivity index (χ3v) is 22.1. The quantitative estimate of drug-likeness (QED) is 0.106. The largest absolute Gasteiger partial charge is 0.489 e. The minimum Gasteiger partial charge on any atom is -0.489 e. The number of aryl methyl sites for hydroxylation is 2. The zero-order valence-corrected chi connectivity index (χ0v) is 48.6. The molecule has 10 rings (SSSR count). The second-order valence-electron chi connectivity index (χ2n) is 20.8. The third kappa shape index (κ3) is 14.9. The highest BCUT2D eigenvalue weighted by Gasteiger charge is 2.42. The number of ether oxygens (including phenoxy) is 5. The van der Waals surface area contributed by atoms with Crippen LogP contribution < -0.4 is 29.6 Å². The van der Waals surface area contributed by atoms with E-state index >= 15 is 0 Å². The van der Waals surface area contributed by atoms with Crippen LogP contribution in [0.15, 0.2) is 47.0 Å². The standard InChI is InChI=1S/C24H33N5O6S.C22H29N5O6S2.C3H5ClO2S/c1-15-18(8-9-19(27-15)36(31,32)17-6-7-17)28-21-20(33-5)22(26-14-25-21)34-16-10-12-29(13-11-16)23(30)35-24(2,3)4;1-14-18(7-8-19(25-14)34(28,29)16-3-4-16)26-21-20(32-2)22(24-13-23-21)33-15-9-11-27(12-10-15)35(30,31)17-5-6-17;4-7(5,6)3-1-2-3/h8-9,14,16-17H,6-7,10-13H2,1-5H3,(H,25,26,28);7-8,13,15-17H,3-6,9-12H2,1-2H3,(H,23,24,26);3H,1-2H2. The van der Waals surface area contributed by atoms with E-state index in [-0.39, 0.29) is 61.1 Å². The van der Waals surface area contributed by atoms with Gasteiger partial charge in [0.25, 0.3) is 11.8 Å². The number of rotatable bonds is 17. The average Bonchev–Trinajstić information content (AvgIpc) is 4.18. The van der Waals surface area contributed by atoms with Crippen LogP contribution in [0.2, 0.25) is 0 Å². The first-order valence-corrected chi connectivity index (χ1v) is 32.7. The molecule has 4 aromatic heterocycles. The second-order valence-corrected chi connectivity index (χ2v) is 30.3. The molecule has 6 fully saturated rings. The Labute approximate surface area is 460 Å². The van der Waals surface area contributed by atoms with Crippen LogP contribution in [-0.2, 0) is 43.5 Å². The van der Waals surface area contributed by atoms with E-state index in [0.717, 1.165) is 25.7 Å². The first-order chi connectivity index (χ1) is 36.8. The number of amides is 1. The van der Waals surface area contributed by atoms with E-state index in [1.54, 1.807) is 35.2 Å². The molecule has 29 heteroatoms. The van der Waals surface area contributed by atoms with Crippen molar-refractivity contribution in [3.8, 4) is 23.3 Å². The minimum absolute atomic E-state index is 0.0803. The number of methoxy groups -OCH3 is 2. The molecule has 6 heterocycles. The van der Waals surface area contributed by atoms with Gasteiger partial charge in [0.15, 0.2) is 41.4 Å². The van der Waals surface area contributed by atoms with E-state index in [4.69, 9.17) is 34.4 Å². The summed E-state index contributed by atoms with van der Waals surface area (Å²) >= 11 is 0. The monoisotopic (exact) mass is 1180 g/mol. The summed E-state index contributed by atoms with van der Waals surface area (Å²) in [6, 6.07) is 6.34. The Hall–Kier alpha value is -5.42. The first kappa shape index (κ1) is 58.7. The third-order valence-electron chi connectivity index (χ3n) is 13.4. The Kier molecular flexibility index (Phi) is 17.9. The van der Waals surface area contributed by atoms with E-state index in [9.17, 15) is 38.5 Å². The Bertz CT molecular complexity index is 3290. The van der Waals surface area contributed by atoms with Gasteiger partial charge in [-0.3, -0.25) is 0 Å². The fraction of sp³-hybridized carbons (Fsp3) is 0.612. The number of carbonyl (C=O) groups excluding carboxylic acids is 1. The lowest BCUT2D eigenvalue weighted by Crippen LogP contribution is -2.44. The molecule has 428 valence electrons. The van der Waals surface area contributed by atoms with Crippen molar-refractivity contribution in [2.75, 3.05) is 51.0 Å². The molecule has 4 aliphatic carbocycles. The zero-order valence-electron chi connectivity index (χ0n) is 44.5. The highest BCUT2D eigenvalue weighted by molar-refractivity contribution is 8.14. The molecule has 0 spiro atoms. The lowest BCUT2D eigenvalue weighted by Gasteiger charge is -2.33. The van der Waals surface area contributed by atoms with Crippen molar-refractivity contribution in [2.24, 2.45) is 0 Å². The number of hydrogen-bond donors (Lipinski definition) is 2. The summed E-state index contributed by atoms with van der Waals surface area (Å²) in [5, 5.41) is 5.39. The maximum Gasteiger partial charge on any atom is 0.410 e. The summed E-state index contributed by atoms with van der Waals surface area (Å²) in [7, 11) is -5.21. The van der Waals surface area contributed by atoms with Gasteiger partial charge in [-0.05, 0) is 123 Å². The van der Waals surface area contributed by atoms with Gasteiger partial charge in [-0.1, -0.05) is 0 Å². The van der Waals surface area contributed by atoms with Crippen LogP contribution in [-0.4, -0.2) is 158 Å². The molecule has 24 nitrogen and oxygen atoms in total. The number of likely N-dealkylation sites (tertiary alicyclic amines) is 1. The van der Waals surface area contributed by atoms with Crippen LogP contribution in [0.4, 0.5) is 27.8 Å². The molecule has 4 saturated carbocycles. The number of aromatic nitrogens is 6. The van der Waals surface area contributed by atoms with Crippen molar-refractivity contribution in [1.29, 1.82) is 0 Å². The lowest BCUT2D eigenvalue weighted by atomic mass is 10.1. The summed E-state index contributed by atoms with van der Waals surface area (Å²) in [5.74, 6) is 1.89. The number of pyridine rings is 2. The second kappa shape index (κ2) is 23.7. The topological polar surface area (TPSA) is 308 Å². The van der Waals surface area contributed by atoms with Crippen molar-refractivity contribution in [3.63, 3.8) is 0 Å². The van der Waals surface area contributed by atoms with E-state index in [1.807, 2.05) is 20.8 Å². The van der Waals surface area contributed by atoms with E-state index < -0.39 is 44.3 Å². The summed E-state index contributed by atoms with van der Waals surface area (Å²) in [5.41, 5.74) is 1.68. The number of anilines is 4. The molecule has 0 aromatic carbocycles. The number of nitrogens with zero attached hydrogens (tertiary/aromatic N) is 8. The zero-order chi connectivity index (χ0) is 56.4. The molecule has 0 radical (unpaired) electrons. The molecule has 4 aromatic rings. The number of carbonyl (C=O) groups is 1. The van der Waals surface area contributed by atoms with Gasteiger partial charge in [0, 0.05) is 49.7 Å². The highest BCUT2D eigenvalue weighted by atomic mass is 35.7. The Balaban J connectivity index is 0.000000183. The maximum absolute atomic E-state index is 12.5.